The molecule has 0 aromatic heterocycles. The molecule has 0 saturated carbocycles. The van der Waals surface area contributed by atoms with Crippen molar-refractivity contribution in [3.63, 3.8) is 0 Å². The van der Waals surface area contributed by atoms with E-state index in [-0.39, 0.29) is 17.6 Å². The average Bonchev–Trinajstić information content (AvgIpc) is 2.44. The summed E-state index contributed by atoms with van der Waals surface area (Å²) in [4.78, 5) is 0. The van der Waals surface area contributed by atoms with Crippen LogP contribution in [0, 0.1) is 12.7 Å². The van der Waals surface area contributed by atoms with E-state index in [0.29, 0.717) is 5.75 Å². The molecule has 1 unspecified atom stereocenters. The summed E-state index contributed by atoms with van der Waals surface area (Å²) in [6, 6.07) is 12.5. The van der Waals surface area contributed by atoms with Crippen molar-refractivity contribution in [3.05, 3.63) is 59.4 Å². The topological polar surface area (TPSA) is 35.2 Å². The van der Waals surface area contributed by atoms with Gasteiger partial charge in [0.1, 0.15) is 5.75 Å². The largest absolute Gasteiger partial charge is 0.454 e. The molecular formula is C17H20FNO. The molecule has 0 saturated heterocycles. The second-order valence-electron chi connectivity index (χ2n) is 5.00. The fourth-order valence-corrected chi connectivity index (χ4v) is 2.05. The molecule has 2 rings (SSSR count). The maximum atomic E-state index is 13.6. The lowest BCUT2D eigenvalue weighted by Gasteiger charge is -2.13. The maximum Gasteiger partial charge on any atom is 0.165 e. The number of aryl methyl sites for hydroxylation is 1. The fraction of sp³-hybridized carbons (Fsp3) is 0.294. The van der Waals surface area contributed by atoms with Gasteiger partial charge in [-0.25, -0.2) is 4.39 Å². The molecule has 0 spiro atoms. The minimum absolute atomic E-state index is 0.174. The molecule has 0 amide bonds. The van der Waals surface area contributed by atoms with Crippen LogP contribution in [-0.4, -0.2) is 6.04 Å². The van der Waals surface area contributed by atoms with Crippen molar-refractivity contribution in [2.24, 2.45) is 5.73 Å². The van der Waals surface area contributed by atoms with E-state index in [0.717, 1.165) is 18.4 Å². The lowest BCUT2D eigenvalue weighted by Crippen LogP contribution is -2.21. The van der Waals surface area contributed by atoms with Gasteiger partial charge < -0.3 is 10.5 Å². The lowest BCUT2D eigenvalue weighted by atomic mass is 10.0. The van der Waals surface area contributed by atoms with Gasteiger partial charge in [-0.2, -0.15) is 0 Å². The van der Waals surface area contributed by atoms with Gasteiger partial charge in [-0.15, -0.1) is 0 Å². The molecule has 1 atom stereocenters. The molecule has 0 heterocycles. The predicted molar refractivity (Wildman–Crippen MR) is 79.6 cm³/mol. The van der Waals surface area contributed by atoms with Crippen LogP contribution >= 0.6 is 0 Å². The standard InChI is InChI=1S/C17H20FNO/c1-3-14(19)11-13-8-9-16(12(2)10-13)20-17-7-5-4-6-15(17)18/h4-10,14H,3,11,19H2,1-2H3. The van der Waals surface area contributed by atoms with Crippen molar-refractivity contribution < 1.29 is 9.13 Å². The average molecular weight is 273 g/mol. The SMILES string of the molecule is CCC(N)Cc1ccc(Oc2ccccc2F)c(C)c1. The Hall–Kier alpha value is -1.87. The van der Waals surface area contributed by atoms with Crippen LogP contribution < -0.4 is 10.5 Å². The highest BCUT2D eigenvalue weighted by Crippen LogP contribution is 2.27. The predicted octanol–water partition coefficient (Wildman–Crippen LogP) is 4.21. The van der Waals surface area contributed by atoms with E-state index in [1.54, 1.807) is 18.2 Å². The zero-order valence-corrected chi connectivity index (χ0v) is 11.9. The molecule has 2 aromatic rings. The molecule has 2 N–H and O–H groups in total. The van der Waals surface area contributed by atoms with Crippen molar-refractivity contribution in [2.45, 2.75) is 32.7 Å². The monoisotopic (exact) mass is 273 g/mol. The van der Waals surface area contributed by atoms with E-state index < -0.39 is 0 Å². The van der Waals surface area contributed by atoms with E-state index >= 15 is 0 Å². The number of hydrogen-bond acceptors (Lipinski definition) is 2. The third kappa shape index (κ3) is 3.58. The molecule has 20 heavy (non-hydrogen) atoms. The van der Waals surface area contributed by atoms with Crippen molar-refractivity contribution in [1.82, 2.24) is 0 Å². The van der Waals surface area contributed by atoms with Crippen molar-refractivity contribution in [2.75, 3.05) is 0 Å². The Morgan fingerprint density at radius 2 is 1.90 bits per heavy atom. The molecule has 0 fully saturated rings. The van der Waals surface area contributed by atoms with Crippen LogP contribution in [0.25, 0.3) is 0 Å². The summed E-state index contributed by atoms with van der Waals surface area (Å²) in [6.07, 6.45) is 1.80. The minimum Gasteiger partial charge on any atom is -0.454 e. The van der Waals surface area contributed by atoms with Crippen molar-refractivity contribution in [3.8, 4) is 11.5 Å². The van der Waals surface area contributed by atoms with E-state index in [9.17, 15) is 4.39 Å². The highest BCUT2D eigenvalue weighted by atomic mass is 19.1. The van der Waals surface area contributed by atoms with E-state index in [2.05, 4.69) is 6.92 Å². The van der Waals surface area contributed by atoms with Gasteiger partial charge in [0, 0.05) is 6.04 Å². The normalized spacial score (nSPS) is 12.2. The van der Waals surface area contributed by atoms with Crippen LogP contribution in [0.5, 0.6) is 11.5 Å². The Morgan fingerprint density at radius 3 is 2.55 bits per heavy atom. The van der Waals surface area contributed by atoms with E-state index in [1.807, 2.05) is 25.1 Å². The Morgan fingerprint density at radius 1 is 1.15 bits per heavy atom. The number of rotatable bonds is 5. The molecule has 0 aliphatic heterocycles. The minimum atomic E-state index is -0.357. The Bertz CT molecular complexity index is 583. The number of benzene rings is 2. The van der Waals surface area contributed by atoms with Gasteiger partial charge in [0.15, 0.2) is 11.6 Å². The van der Waals surface area contributed by atoms with Gasteiger partial charge in [0.05, 0.1) is 0 Å². The van der Waals surface area contributed by atoms with Crippen LogP contribution in [0.3, 0.4) is 0 Å². The zero-order chi connectivity index (χ0) is 14.5. The first kappa shape index (κ1) is 14.5. The second kappa shape index (κ2) is 6.53. The van der Waals surface area contributed by atoms with Crippen molar-refractivity contribution in [1.29, 1.82) is 0 Å². The van der Waals surface area contributed by atoms with Crippen LogP contribution in [0.4, 0.5) is 4.39 Å². The van der Waals surface area contributed by atoms with Gasteiger partial charge in [0.2, 0.25) is 0 Å². The molecule has 2 nitrogen and oxygen atoms in total. The molecule has 0 radical (unpaired) electrons. The van der Waals surface area contributed by atoms with E-state index in [1.165, 1.54) is 11.6 Å². The molecule has 2 aromatic carbocycles. The number of hydrogen-bond donors (Lipinski definition) is 1. The van der Waals surface area contributed by atoms with Gasteiger partial charge in [0.25, 0.3) is 0 Å². The highest BCUT2D eigenvalue weighted by Gasteiger charge is 2.08. The van der Waals surface area contributed by atoms with Crippen LogP contribution in [0.15, 0.2) is 42.5 Å². The number of ether oxygens (including phenoxy) is 1. The van der Waals surface area contributed by atoms with Crippen LogP contribution in [0.1, 0.15) is 24.5 Å². The molecule has 3 heteroatoms. The fourth-order valence-electron chi connectivity index (χ4n) is 2.05. The first-order valence-corrected chi connectivity index (χ1v) is 6.87. The summed E-state index contributed by atoms with van der Waals surface area (Å²) in [5.74, 6) is 0.557. The zero-order valence-electron chi connectivity index (χ0n) is 11.9. The van der Waals surface area contributed by atoms with E-state index in [4.69, 9.17) is 10.5 Å². The molecule has 0 aliphatic rings. The van der Waals surface area contributed by atoms with Gasteiger partial charge >= 0.3 is 0 Å². The molecular weight excluding hydrogens is 253 g/mol. The highest BCUT2D eigenvalue weighted by molar-refractivity contribution is 5.40. The first-order valence-electron chi connectivity index (χ1n) is 6.87. The summed E-state index contributed by atoms with van der Waals surface area (Å²) >= 11 is 0. The van der Waals surface area contributed by atoms with Crippen LogP contribution in [0.2, 0.25) is 0 Å². The summed E-state index contributed by atoms with van der Waals surface area (Å²) in [7, 11) is 0. The first-order chi connectivity index (χ1) is 9.60. The van der Waals surface area contributed by atoms with Gasteiger partial charge in [-0.05, 0) is 49.1 Å². The van der Waals surface area contributed by atoms with Crippen molar-refractivity contribution >= 4 is 0 Å². The summed E-state index contributed by atoms with van der Waals surface area (Å²) in [5, 5.41) is 0. The summed E-state index contributed by atoms with van der Waals surface area (Å²) < 4.78 is 19.2. The Kier molecular flexibility index (Phi) is 4.74. The third-order valence-corrected chi connectivity index (χ3v) is 3.32. The number of nitrogens with two attached hydrogens (primary N) is 1. The Labute approximate surface area is 119 Å². The summed E-state index contributed by atoms with van der Waals surface area (Å²) in [5.41, 5.74) is 8.11. The quantitative estimate of drug-likeness (QED) is 0.885. The smallest absolute Gasteiger partial charge is 0.165 e. The molecule has 106 valence electrons. The maximum absolute atomic E-state index is 13.6. The van der Waals surface area contributed by atoms with Crippen LogP contribution in [-0.2, 0) is 6.42 Å². The molecule has 0 bridgehead atoms. The van der Waals surface area contributed by atoms with Gasteiger partial charge in [-0.1, -0.05) is 31.2 Å². The number of halogens is 1. The Balaban J connectivity index is 2.16. The van der Waals surface area contributed by atoms with Gasteiger partial charge in [-0.3, -0.25) is 0 Å². The lowest BCUT2D eigenvalue weighted by molar-refractivity contribution is 0.439. The summed E-state index contributed by atoms with van der Waals surface area (Å²) in [6.45, 7) is 4.03. The second-order valence-corrected chi connectivity index (χ2v) is 5.00. The third-order valence-electron chi connectivity index (χ3n) is 3.32. The molecule has 0 aliphatic carbocycles. The number of para-hydroxylation sites is 1.